The Morgan fingerprint density at radius 2 is 2.05 bits per heavy atom. The molecule has 3 rings (SSSR count). The molecule has 1 saturated heterocycles. The highest BCUT2D eigenvalue weighted by molar-refractivity contribution is 6.42. The number of halogens is 2. The molecule has 0 unspecified atom stereocenters. The van der Waals surface area contributed by atoms with Crippen molar-refractivity contribution in [2.24, 2.45) is 5.92 Å². The number of carbonyl (C=O) groups excluding carboxylic acids is 1. The van der Waals surface area contributed by atoms with Gasteiger partial charge in [-0.05, 0) is 30.0 Å². The third-order valence-electron chi connectivity index (χ3n) is 4.33. The summed E-state index contributed by atoms with van der Waals surface area (Å²) in [5.41, 5.74) is 1.10. The van der Waals surface area contributed by atoms with Crippen molar-refractivity contribution in [3.05, 3.63) is 33.8 Å². The SMILES string of the molecule is O=C(NCCN1CCOCC1)[C@@H]1C[C@H]1c1ccc(Cl)c(Cl)c1. The van der Waals surface area contributed by atoms with E-state index in [4.69, 9.17) is 27.9 Å². The number of ether oxygens (including phenoxy) is 1. The minimum absolute atomic E-state index is 0.0712. The second-order valence-electron chi connectivity index (χ2n) is 5.87. The predicted octanol–water partition coefficient (Wildman–Crippen LogP) is 2.55. The second-order valence-corrected chi connectivity index (χ2v) is 6.68. The smallest absolute Gasteiger partial charge is 0.223 e. The molecular weight excluding hydrogens is 323 g/mol. The average molecular weight is 343 g/mol. The van der Waals surface area contributed by atoms with Gasteiger partial charge in [0.15, 0.2) is 0 Å². The van der Waals surface area contributed by atoms with Crippen LogP contribution < -0.4 is 5.32 Å². The molecule has 120 valence electrons. The monoisotopic (exact) mass is 342 g/mol. The molecule has 1 N–H and O–H groups in total. The normalized spacial score (nSPS) is 25.0. The van der Waals surface area contributed by atoms with Crippen LogP contribution in [0.3, 0.4) is 0 Å². The first-order valence-corrected chi connectivity index (χ1v) is 8.43. The van der Waals surface area contributed by atoms with Gasteiger partial charge < -0.3 is 10.1 Å². The Hall–Kier alpha value is -0.810. The van der Waals surface area contributed by atoms with Gasteiger partial charge in [0.1, 0.15) is 0 Å². The van der Waals surface area contributed by atoms with E-state index in [1.54, 1.807) is 6.07 Å². The summed E-state index contributed by atoms with van der Waals surface area (Å²) < 4.78 is 5.31. The molecule has 0 radical (unpaired) electrons. The number of hydrogen-bond donors (Lipinski definition) is 1. The van der Waals surface area contributed by atoms with Crippen molar-refractivity contribution in [1.82, 2.24) is 10.2 Å². The Kier molecular flexibility index (Phi) is 5.24. The van der Waals surface area contributed by atoms with Gasteiger partial charge >= 0.3 is 0 Å². The lowest BCUT2D eigenvalue weighted by atomic mass is 10.1. The van der Waals surface area contributed by atoms with Crippen LogP contribution in [-0.2, 0) is 9.53 Å². The summed E-state index contributed by atoms with van der Waals surface area (Å²) >= 11 is 12.0. The van der Waals surface area contributed by atoms with Gasteiger partial charge in [-0.15, -0.1) is 0 Å². The Balaban J connectivity index is 1.43. The molecule has 1 saturated carbocycles. The molecule has 1 amide bonds. The van der Waals surface area contributed by atoms with Crippen molar-refractivity contribution >= 4 is 29.1 Å². The van der Waals surface area contributed by atoms with Crippen molar-refractivity contribution in [2.45, 2.75) is 12.3 Å². The van der Waals surface area contributed by atoms with E-state index < -0.39 is 0 Å². The molecule has 1 heterocycles. The van der Waals surface area contributed by atoms with Crippen LogP contribution in [0.1, 0.15) is 17.9 Å². The van der Waals surface area contributed by atoms with Crippen molar-refractivity contribution < 1.29 is 9.53 Å². The summed E-state index contributed by atoms with van der Waals surface area (Å²) in [6.45, 7) is 5.06. The number of morpholine rings is 1. The summed E-state index contributed by atoms with van der Waals surface area (Å²) in [7, 11) is 0. The van der Waals surface area contributed by atoms with E-state index >= 15 is 0 Å². The van der Waals surface area contributed by atoms with Gasteiger partial charge in [-0.25, -0.2) is 0 Å². The van der Waals surface area contributed by atoms with Gasteiger partial charge in [-0.3, -0.25) is 9.69 Å². The highest BCUT2D eigenvalue weighted by Gasteiger charge is 2.43. The Labute approximate surface area is 140 Å². The average Bonchev–Trinajstić information content (AvgIpc) is 3.32. The molecule has 1 aliphatic carbocycles. The maximum Gasteiger partial charge on any atom is 0.223 e. The largest absolute Gasteiger partial charge is 0.379 e. The lowest BCUT2D eigenvalue weighted by molar-refractivity contribution is -0.122. The zero-order valence-electron chi connectivity index (χ0n) is 12.4. The minimum Gasteiger partial charge on any atom is -0.379 e. The van der Waals surface area contributed by atoms with E-state index in [2.05, 4.69) is 10.2 Å². The summed E-state index contributed by atoms with van der Waals surface area (Å²) in [5, 5.41) is 4.14. The first-order valence-electron chi connectivity index (χ1n) is 7.68. The molecule has 1 aromatic rings. The molecule has 6 heteroatoms. The molecule has 2 fully saturated rings. The van der Waals surface area contributed by atoms with Gasteiger partial charge in [0, 0.05) is 32.1 Å². The van der Waals surface area contributed by atoms with Crippen LogP contribution in [0.25, 0.3) is 0 Å². The van der Waals surface area contributed by atoms with E-state index in [1.807, 2.05) is 12.1 Å². The number of amides is 1. The number of nitrogens with one attached hydrogen (secondary N) is 1. The number of carbonyl (C=O) groups is 1. The fourth-order valence-electron chi connectivity index (χ4n) is 2.89. The van der Waals surface area contributed by atoms with Gasteiger partial charge in [-0.2, -0.15) is 0 Å². The zero-order chi connectivity index (χ0) is 15.5. The number of nitrogens with zero attached hydrogens (tertiary/aromatic N) is 1. The van der Waals surface area contributed by atoms with Crippen molar-refractivity contribution in [2.75, 3.05) is 39.4 Å². The Bertz CT molecular complexity index is 547. The van der Waals surface area contributed by atoms with Crippen LogP contribution >= 0.6 is 23.2 Å². The van der Waals surface area contributed by atoms with Gasteiger partial charge in [0.2, 0.25) is 5.91 Å². The van der Waals surface area contributed by atoms with E-state index in [-0.39, 0.29) is 17.7 Å². The van der Waals surface area contributed by atoms with Crippen LogP contribution in [0.2, 0.25) is 10.0 Å². The minimum atomic E-state index is 0.0712. The molecule has 0 aromatic heterocycles. The van der Waals surface area contributed by atoms with E-state index in [0.29, 0.717) is 16.6 Å². The molecule has 1 aliphatic heterocycles. The summed E-state index contributed by atoms with van der Waals surface area (Å²) in [5.74, 6) is 0.490. The molecule has 1 aromatic carbocycles. The summed E-state index contributed by atoms with van der Waals surface area (Å²) in [6, 6.07) is 5.63. The van der Waals surface area contributed by atoms with Crippen LogP contribution in [0.5, 0.6) is 0 Å². The van der Waals surface area contributed by atoms with Crippen LogP contribution in [0, 0.1) is 5.92 Å². The molecule has 4 nitrogen and oxygen atoms in total. The predicted molar refractivity (Wildman–Crippen MR) is 87.6 cm³/mol. The lowest BCUT2D eigenvalue weighted by Crippen LogP contribution is -2.41. The molecule has 2 aliphatic rings. The van der Waals surface area contributed by atoms with Crippen molar-refractivity contribution in [3.63, 3.8) is 0 Å². The maximum absolute atomic E-state index is 12.2. The molecule has 2 atom stereocenters. The highest BCUT2D eigenvalue weighted by Crippen LogP contribution is 2.48. The van der Waals surface area contributed by atoms with Crippen LogP contribution in [-0.4, -0.2) is 50.2 Å². The molecule has 0 spiro atoms. The fourth-order valence-corrected chi connectivity index (χ4v) is 3.20. The molecular formula is C16H20Cl2N2O2. The number of hydrogen-bond acceptors (Lipinski definition) is 3. The molecule has 22 heavy (non-hydrogen) atoms. The van der Waals surface area contributed by atoms with E-state index in [9.17, 15) is 4.79 Å². The van der Waals surface area contributed by atoms with Gasteiger partial charge in [0.25, 0.3) is 0 Å². The Morgan fingerprint density at radius 3 is 2.77 bits per heavy atom. The fraction of sp³-hybridized carbons (Fsp3) is 0.562. The summed E-state index contributed by atoms with van der Waals surface area (Å²) in [6.07, 6.45) is 0.890. The first kappa shape index (κ1) is 16.1. The van der Waals surface area contributed by atoms with Gasteiger partial charge in [-0.1, -0.05) is 29.3 Å². The molecule has 0 bridgehead atoms. The third kappa shape index (κ3) is 3.93. The van der Waals surface area contributed by atoms with Crippen LogP contribution in [0.4, 0.5) is 0 Å². The zero-order valence-corrected chi connectivity index (χ0v) is 13.9. The quantitative estimate of drug-likeness (QED) is 0.893. The van der Waals surface area contributed by atoms with E-state index in [0.717, 1.165) is 44.8 Å². The highest BCUT2D eigenvalue weighted by atomic mass is 35.5. The maximum atomic E-state index is 12.2. The second kappa shape index (κ2) is 7.18. The van der Waals surface area contributed by atoms with E-state index in [1.165, 1.54) is 0 Å². The van der Waals surface area contributed by atoms with Gasteiger partial charge in [0.05, 0.1) is 23.3 Å². The lowest BCUT2D eigenvalue weighted by Gasteiger charge is -2.26. The van der Waals surface area contributed by atoms with Crippen molar-refractivity contribution in [3.8, 4) is 0 Å². The topological polar surface area (TPSA) is 41.6 Å². The van der Waals surface area contributed by atoms with Crippen LogP contribution in [0.15, 0.2) is 18.2 Å². The summed E-state index contributed by atoms with van der Waals surface area (Å²) in [4.78, 5) is 14.5. The Morgan fingerprint density at radius 1 is 1.27 bits per heavy atom. The third-order valence-corrected chi connectivity index (χ3v) is 5.07. The number of rotatable bonds is 5. The number of benzene rings is 1. The first-order chi connectivity index (χ1) is 10.6. The standard InChI is InChI=1S/C16H20Cl2N2O2/c17-14-2-1-11(9-15(14)18)12-10-13(12)16(21)19-3-4-20-5-7-22-8-6-20/h1-2,9,12-13H,3-8,10H2,(H,19,21)/t12-,13+/m0/s1. The van der Waals surface area contributed by atoms with Crippen molar-refractivity contribution in [1.29, 1.82) is 0 Å².